The molecule has 0 aliphatic heterocycles. The maximum Gasteiger partial charge on any atom is 0.240 e. The lowest BCUT2D eigenvalue weighted by Gasteiger charge is -2.15. The van der Waals surface area contributed by atoms with Crippen LogP contribution in [0.4, 0.5) is 0 Å². The molecule has 0 fully saturated rings. The molecule has 2 N–H and O–H groups in total. The highest BCUT2D eigenvalue weighted by atomic mass is 35.5. The molecular formula is C26H29Cl2N3O2S. The minimum absolute atomic E-state index is 0. The first-order valence-corrected chi connectivity index (χ1v) is 12.2. The van der Waals surface area contributed by atoms with E-state index in [9.17, 15) is 8.42 Å². The Bertz CT molecular complexity index is 1280. The van der Waals surface area contributed by atoms with E-state index in [-0.39, 0.29) is 35.8 Å². The molecule has 0 aliphatic rings. The second-order valence-electron chi connectivity index (χ2n) is 7.92. The summed E-state index contributed by atoms with van der Waals surface area (Å²) in [5.74, 6) is 0. The van der Waals surface area contributed by atoms with E-state index >= 15 is 0 Å². The van der Waals surface area contributed by atoms with Gasteiger partial charge < -0.3 is 5.32 Å². The molecule has 4 aromatic rings. The van der Waals surface area contributed by atoms with E-state index in [2.05, 4.69) is 51.4 Å². The van der Waals surface area contributed by atoms with Crippen LogP contribution in [0.3, 0.4) is 0 Å². The summed E-state index contributed by atoms with van der Waals surface area (Å²) < 4.78 is 28.2. The topological polar surface area (TPSA) is 71.1 Å². The van der Waals surface area contributed by atoms with Crippen molar-refractivity contribution in [2.45, 2.75) is 24.3 Å². The molecule has 4 rings (SSSR count). The summed E-state index contributed by atoms with van der Waals surface area (Å²) in [6.07, 6.45) is 4.27. The lowest BCUT2D eigenvalue weighted by molar-refractivity contribution is 0.537. The van der Waals surface area contributed by atoms with Crippen molar-refractivity contribution in [2.24, 2.45) is 0 Å². The van der Waals surface area contributed by atoms with Crippen LogP contribution in [-0.2, 0) is 16.4 Å². The third kappa shape index (κ3) is 7.26. The fraction of sp³-hybridized carbons (Fsp3) is 0.192. The monoisotopic (exact) mass is 517 g/mol. The molecule has 3 aromatic carbocycles. The van der Waals surface area contributed by atoms with Crippen LogP contribution in [0.25, 0.3) is 21.9 Å². The number of aromatic nitrogens is 1. The lowest BCUT2D eigenvalue weighted by atomic mass is 10.0. The number of nitrogens with zero attached hydrogens (tertiary/aromatic N) is 1. The summed E-state index contributed by atoms with van der Waals surface area (Å²) in [6, 6.07) is 25.5. The third-order valence-corrected chi connectivity index (χ3v) is 6.97. The van der Waals surface area contributed by atoms with Gasteiger partial charge in [-0.25, -0.2) is 13.1 Å². The molecule has 0 saturated heterocycles. The molecule has 1 heterocycles. The van der Waals surface area contributed by atoms with Crippen molar-refractivity contribution in [3.63, 3.8) is 0 Å². The Morgan fingerprint density at radius 3 is 2.29 bits per heavy atom. The largest absolute Gasteiger partial charge is 0.315 e. The number of fused-ring (bicyclic) bond motifs is 1. The van der Waals surface area contributed by atoms with Crippen LogP contribution < -0.4 is 10.0 Å². The quantitative estimate of drug-likeness (QED) is 0.297. The Hall–Kier alpha value is -2.48. The summed E-state index contributed by atoms with van der Waals surface area (Å²) in [5, 5.41) is 5.12. The van der Waals surface area contributed by atoms with Gasteiger partial charge in [0, 0.05) is 30.4 Å². The molecule has 1 aromatic heterocycles. The zero-order chi connectivity index (χ0) is 22.4. The summed E-state index contributed by atoms with van der Waals surface area (Å²) in [5.41, 5.74) is 3.66. The first-order valence-electron chi connectivity index (χ1n) is 10.7. The molecule has 0 bridgehead atoms. The van der Waals surface area contributed by atoms with Crippen molar-refractivity contribution in [3.8, 4) is 11.1 Å². The van der Waals surface area contributed by atoms with E-state index in [4.69, 9.17) is 0 Å². The van der Waals surface area contributed by atoms with Crippen molar-refractivity contribution in [1.29, 1.82) is 0 Å². The van der Waals surface area contributed by atoms with Gasteiger partial charge in [-0.05, 0) is 60.2 Å². The van der Waals surface area contributed by atoms with Gasteiger partial charge >= 0.3 is 0 Å². The van der Waals surface area contributed by atoms with Crippen molar-refractivity contribution >= 4 is 45.6 Å². The molecule has 180 valence electrons. The molecule has 0 saturated carbocycles. The van der Waals surface area contributed by atoms with Crippen molar-refractivity contribution in [1.82, 2.24) is 15.0 Å². The Morgan fingerprint density at radius 2 is 1.56 bits per heavy atom. The number of sulfonamides is 1. The van der Waals surface area contributed by atoms with Gasteiger partial charge in [-0.1, -0.05) is 60.7 Å². The minimum Gasteiger partial charge on any atom is -0.315 e. The molecule has 8 heteroatoms. The predicted molar refractivity (Wildman–Crippen MR) is 144 cm³/mol. The summed E-state index contributed by atoms with van der Waals surface area (Å²) >= 11 is 0. The first kappa shape index (κ1) is 27.8. The predicted octanol–water partition coefficient (Wildman–Crippen LogP) is 5.24. The smallest absolute Gasteiger partial charge is 0.240 e. The molecule has 5 nitrogen and oxygen atoms in total. The maximum atomic E-state index is 12.7. The number of benzene rings is 3. The van der Waals surface area contributed by atoms with Gasteiger partial charge in [0.05, 0.1) is 4.90 Å². The van der Waals surface area contributed by atoms with E-state index in [1.54, 1.807) is 30.6 Å². The summed E-state index contributed by atoms with van der Waals surface area (Å²) in [7, 11) is -3.58. The molecular weight excluding hydrogens is 489 g/mol. The van der Waals surface area contributed by atoms with Gasteiger partial charge in [-0.15, -0.1) is 24.8 Å². The van der Waals surface area contributed by atoms with Crippen molar-refractivity contribution < 1.29 is 8.42 Å². The average molecular weight is 519 g/mol. The SMILES string of the molecule is C[C@H](CNCCc1ccc(-c2ccccc2)cc1)NS(=O)(=O)c1ccc2cnccc2c1.Cl.Cl. The molecule has 0 unspecified atom stereocenters. The van der Waals surface area contributed by atoms with Gasteiger partial charge in [-0.2, -0.15) is 0 Å². The van der Waals surface area contributed by atoms with Crippen molar-refractivity contribution in [2.75, 3.05) is 13.1 Å². The first-order chi connectivity index (χ1) is 15.5. The fourth-order valence-electron chi connectivity index (χ4n) is 3.65. The number of hydrogen-bond donors (Lipinski definition) is 2. The van der Waals surface area contributed by atoms with Crippen LogP contribution in [0.1, 0.15) is 12.5 Å². The highest BCUT2D eigenvalue weighted by Crippen LogP contribution is 2.20. The van der Waals surface area contributed by atoms with Crippen LogP contribution in [0, 0.1) is 0 Å². The number of halogens is 2. The Labute approximate surface area is 213 Å². The third-order valence-electron chi connectivity index (χ3n) is 5.38. The second-order valence-corrected chi connectivity index (χ2v) is 9.64. The molecule has 1 atom stereocenters. The fourth-order valence-corrected chi connectivity index (χ4v) is 4.93. The van der Waals surface area contributed by atoms with Crippen LogP contribution >= 0.6 is 24.8 Å². The maximum absolute atomic E-state index is 12.7. The molecule has 0 spiro atoms. The average Bonchev–Trinajstić information content (AvgIpc) is 2.82. The highest BCUT2D eigenvalue weighted by Gasteiger charge is 2.17. The van der Waals surface area contributed by atoms with E-state index in [1.165, 1.54) is 16.7 Å². The van der Waals surface area contributed by atoms with Gasteiger partial charge in [-0.3, -0.25) is 4.98 Å². The number of pyridine rings is 1. The Balaban J connectivity index is 0.00000204. The van der Waals surface area contributed by atoms with Gasteiger partial charge in [0.25, 0.3) is 0 Å². The normalized spacial score (nSPS) is 11.9. The molecule has 0 aliphatic carbocycles. The van der Waals surface area contributed by atoms with Crippen LogP contribution in [0.5, 0.6) is 0 Å². The van der Waals surface area contributed by atoms with E-state index < -0.39 is 10.0 Å². The molecule has 0 amide bonds. The zero-order valence-corrected chi connectivity index (χ0v) is 21.3. The van der Waals surface area contributed by atoms with Crippen LogP contribution in [0.15, 0.2) is 96.2 Å². The van der Waals surface area contributed by atoms with Gasteiger partial charge in [0.1, 0.15) is 0 Å². The van der Waals surface area contributed by atoms with Gasteiger partial charge in [0.2, 0.25) is 10.0 Å². The lowest BCUT2D eigenvalue weighted by Crippen LogP contribution is -2.40. The van der Waals surface area contributed by atoms with E-state index in [1.807, 2.05) is 31.2 Å². The Morgan fingerprint density at radius 1 is 0.853 bits per heavy atom. The van der Waals surface area contributed by atoms with E-state index in [0.29, 0.717) is 6.54 Å². The van der Waals surface area contributed by atoms with Crippen LogP contribution in [0.2, 0.25) is 0 Å². The summed E-state index contributed by atoms with van der Waals surface area (Å²) in [4.78, 5) is 4.33. The zero-order valence-electron chi connectivity index (χ0n) is 18.8. The minimum atomic E-state index is -3.58. The Kier molecular flexibility index (Phi) is 10.5. The summed E-state index contributed by atoms with van der Waals surface area (Å²) in [6.45, 7) is 3.20. The highest BCUT2D eigenvalue weighted by molar-refractivity contribution is 7.89. The van der Waals surface area contributed by atoms with Crippen molar-refractivity contribution in [3.05, 3.63) is 96.8 Å². The van der Waals surface area contributed by atoms with Gasteiger partial charge in [0.15, 0.2) is 0 Å². The van der Waals surface area contributed by atoms with Crippen LogP contribution in [-0.4, -0.2) is 32.5 Å². The number of hydrogen-bond acceptors (Lipinski definition) is 4. The standard InChI is InChI=1S/C26H27N3O2S.2ClH/c1-20(29-32(30,31)26-12-11-25-19-28-16-14-24(25)17-26)18-27-15-13-21-7-9-23(10-8-21)22-5-3-2-4-6-22;;/h2-12,14,16-17,19-20,27,29H,13,15,18H2,1H3;2*1H/t20-;;/m1../s1. The number of nitrogens with one attached hydrogen (secondary N) is 2. The van der Waals surface area contributed by atoms with E-state index in [0.717, 1.165) is 23.7 Å². The molecule has 0 radical (unpaired) electrons. The second kappa shape index (κ2) is 12.8. The number of rotatable bonds is 9. The molecule has 34 heavy (non-hydrogen) atoms.